The van der Waals surface area contributed by atoms with Crippen LogP contribution in [0.4, 0.5) is 0 Å². The maximum Gasteiger partial charge on any atom is 0.153 e. The lowest BCUT2D eigenvalue weighted by molar-refractivity contribution is 0.109. The second kappa shape index (κ2) is 11.2. The number of rotatable bonds is 0. The van der Waals surface area contributed by atoms with E-state index >= 15 is 0 Å². The SMILES string of the molecule is CC(C)(C)C1Cc2ccccc2C1.CC(C)(C)C1Cc2ccccc2O1.CC(C)(C)c1cn2ncccc2n1. The summed E-state index contributed by atoms with van der Waals surface area (Å²) in [5.74, 6) is 1.91. The Morgan fingerprint density at radius 2 is 1.28 bits per heavy atom. The summed E-state index contributed by atoms with van der Waals surface area (Å²) in [5.41, 5.74) is 7.26. The third-order valence-corrected chi connectivity index (χ3v) is 7.89. The average Bonchev–Trinajstić information content (AvgIpc) is 3.60. The number of hydrogen-bond donors (Lipinski definition) is 0. The lowest BCUT2D eigenvalue weighted by Crippen LogP contribution is -2.30. The summed E-state index contributed by atoms with van der Waals surface area (Å²) in [6, 6.07) is 21.0. The molecular formula is C35H47N3O. The van der Waals surface area contributed by atoms with Crippen LogP contribution < -0.4 is 4.74 Å². The number of ether oxygens (including phenoxy) is 1. The topological polar surface area (TPSA) is 39.4 Å². The van der Waals surface area contributed by atoms with Gasteiger partial charge < -0.3 is 4.74 Å². The smallest absolute Gasteiger partial charge is 0.153 e. The van der Waals surface area contributed by atoms with E-state index in [1.165, 1.54) is 18.4 Å². The fourth-order valence-corrected chi connectivity index (χ4v) is 5.03. The van der Waals surface area contributed by atoms with Crippen molar-refractivity contribution >= 4 is 5.65 Å². The molecule has 2 aliphatic rings. The van der Waals surface area contributed by atoms with Crippen molar-refractivity contribution in [3.05, 3.63) is 95.4 Å². The van der Waals surface area contributed by atoms with E-state index in [9.17, 15) is 0 Å². The van der Waals surface area contributed by atoms with Crippen molar-refractivity contribution in [3.8, 4) is 5.75 Å². The summed E-state index contributed by atoms with van der Waals surface area (Å²) in [6.07, 6.45) is 7.69. The predicted octanol–water partition coefficient (Wildman–Crippen LogP) is 8.51. The summed E-state index contributed by atoms with van der Waals surface area (Å²) < 4.78 is 7.68. The molecule has 4 heteroatoms. The number of benzene rings is 2. The highest BCUT2D eigenvalue weighted by molar-refractivity contribution is 5.39. The predicted molar refractivity (Wildman–Crippen MR) is 162 cm³/mol. The first-order valence-electron chi connectivity index (χ1n) is 14.3. The van der Waals surface area contributed by atoms with E-state index < -0.39 is 0 Å². The lowest BCUT2D eigenvalue weighted by atomic mass is 9.79. The average molecular weight is 526 g/mol. The van der Waals surface area contributed by atoms with Crippen molar-refractivity contribution in [3.63, 3.8) is 0 Å². The summed E-state index contributed by atoms with van der Waals surface area (Å²) in [4.78, 5) is 4.48. The van der Waals surface area contributed by atoms with Gasteiger partial charge >= 0.3 is 0 Å². The molecule has 39 heavy (non-hydrogen) atoms. The molecule has 1 aliphatic heterocycles. The van der Waals surface area contributed by atoms with Crippen LogP contribution in [0.1, 0.15) is 84.7 Å². The molecule has 4 nitrogen and oxygen atoms in total. The van der Waals surface area contributed by atoms with Gasteiger partial charge in [0.1, 0.15) is 11.9 Å². The molecule has 3 heterocycles. The van der Waals surface area contributed by atoms with Crippen LogP contribution in [-0.2, 0) is 24.7 Å². The van der Waals surface area contributed by atoms with Gasteiger partial charge in [-0.1, -0.05) is 105 Å². The Hall–Kier alpha value is -3.14. The fraction of sp³-hybridized carbons (Fsp3) is 0.486. The minimum atomic E-state index is 0.0910. The van der Waals surface area contributed by atoms with E-state index in [0.29, 0.717) is 11.5 Å². The van der Waals surface area contributed by atoms with Gasteiger partial charge in [0.05, 0.1) is 11.9 Å². The molecule has 1 aliphatic carbocycles. The van der Waals surface area contributed by atoms with Crippen molar-refractivity contribution in [2.45, 2.75) is 93.1 Å². The number of imidazole rings is 1. The number of hydrogen-bond acceptors (Lipinski definition) is 3. The molecule has 6 rings (SSSR count). The summed E-state index contributed by atoms with van der Waals surface area (Å²) in [7, 11) is 0. The number of para-hydroxylation sites is 1. The molecule has 0 saturated carbocycles. The molecule has 0 fully saturated rings. The monoisotopic (exact) mass is 525 g/mol. The van der Waals surface area contributed by atoms with Crippen molar-refractivity contribution in [1.29, 1.82) is 0 Å². The highest BCUT2D eigenvalue weighted by Crippen LogP contribution is 2.38. The standard InChI is InChI=1S/C13H18.C12H16O.C10H13N3/c1-13(2,3)12-8-10-6-4-5-7-11(10)9-12;1-12(2,3)11-8-9-6-4-5-7-10(9)13-11;1-10(2,3)8-7-13-9(12-8)5-4-6-11-13/h4-7,12H,8-9H2,1-3H3;4-7,11H,8H2,1-3H3;4-7H,1-3H3. The van der Waals surface area contributed by atoms with Crippen LogP contribution in [0, 0.1) is 16.7 Å². The zero-order valence-electron chi connectivity index (χ0n) is 25.5. The van der Waals surface area contributed by atoms with E-state index in [1.807, 2.05) is 24.4 Å². The fourth-order valence-electron chi connectivity index (χ4n) is 5.03. The summed E-state index contributed by atoms with van der Waals surface area (Å²) in [5, 5.41) is 4.17. The van der Waals surface area contributed by atoms with Gasteiger partial charge in [0.25, 0.3) is 0 Å². The molecule has 0 saturated heterocycles. The molecule has 2 aromatic heterocycles. The number of aromatic nitrogens is 3. The molecule has 2 aromatic carbocycles. The van der Waals surface area contributed by atoms with Crippen LogP contribution in [0.5, 0.6) is 5.75 Å². The molecule has 1 atom stereocenters. The molecule has 0 spiro atoms. The number of fused-ring (bicyclic) bond motifs is 3. The van der Waals surface area contributed by atoms with Gasteiger partial charge in [0.2, 0.25) is 0 Å². The van der Waals surface area contributed by atoms with Gasteiger partial charge in [-0.15, -0.1) is 0 Å². The molecular weight excluding hydrogens is 478 g/mol. The zero-order valence-corrected chi connectivity index (χ0v) is 25.5. The van der Waals surface area contributed by atoms with Gasteiger partial charge in [-0.25, -0.2) is 9.50 Å². The Morgan fingerprint density at radius 1 is 0.692 bits per heavy atom. The maximum atomic E-state index is 5.87. The van der Waals surface area contributed by atoms with Crippen LogP contribution in [0.3, 0.4) is 0 Å². The highest BCUT2D eigenvalue weighted by Gasteiger charge is 2.32. The largest absolute Gasteiger partial charge is 0.489 e. The summed E-state index contributed by atoms with van der Waals surface area (Å²) >= 11 is 0. The first-order valence-corrected chi connectivity index (χ1v) is 14.3. The molecule has 0 radical (unpaired) electrons. The van der Waals surface area contributed by atoms with Crippen molar-refractivity contribution < 1.29 is 4.74 Å². The Bertz CT molecular complexity index is 1230. The lowest BCUT2D eigenvalue weighted by Gasteiger charge is -2.26. The Balaban J connectivity index is 0.000000136. The van der Waals surface area contributed by atoms with Gasteiger partial charge in [0.15, 0.2) is 5.65 Å². The van der Waals surface area contributed by atoms with E-state index in [4.69, 9.17) is 4.74 Å². The van der Waals surface area contributed by atoms with Crippen LogP contribution in [-0.4, -0.2) is 20.7 Å². The van der Waals surface area contributed by atoms with E-state index in [-0.39, 0.29) is 10.8 Å². The molecule has 4 aromatic rings. The van der Waals surface area contributed by atoms with Crippen LogP contribution in [0.25, 0.3) is 5.65 Å². The maximum absolute atomic E-state index is 5.87. The van der Waals surface area contributed by atoms with Gasteiger partial charge in [-0.2, -0.15) is 5.10 Å². The molecule has 0 bridgehead atoms. The first-order chi connectivity index (χ1) is 18.2. The molecule has 208 valence electrons. The Kier molecular flexibility index (Phi) is 8.25. The highest BCUT2D eigenvalue weighted by atomic mass is 16.5. The van der Waals surface area contributed by atoms with Gasteiger partial charge in [0, 0.05) is 18.0 Å². The minimum Gasteiger partial charge on any atom is -0.489 e. The molecule has 0 amide bonds. The minimum absolute atomic E-state index is 0.0910. The van der Waals surface area contributed by atoms with Gasteiger partial charge in [-0.3, -0.25) is 0 Å². The first kappa shape index (κ1) is 28.9. The van der Waals surface area contributed by atoms with Crippen LogP contribution in [0.2, 0.25) is 0 Å². The second-order valence-electron chi connectivity index (χ2n) is 14.2. The van der Waals surface area contributed by atoms with Crippen LogP contribution in [0.15, 0.2) is 73.1 Å². The molecule has 1 unspecified atom stereocenters. The third kappa shape index (κ3) is 7.29. The normalized spacial score (nSPS) is 16.9. The quantitative estimate of drug-likeness (QED) is 0.231. The van der Waals surface area contributed by atoms with Crippen molar-refractivity contribution in [2.75, 3.05) is 0 Å². The van der Waals surface area contributed by atoms with Crippen LogP contribution >= 0.6 is 0 Å². The van der Waals surface area contributed by atoms with Crippen molar-refractivity contribution in [2.24, 2.45) is 16.7 Å². The van der Waals surface area contributed by atoms with Crippen molar-refractivity contribution in [1.82, 2.24) is 14.6 Å². The van der Waals surface area contributed by atoms with E-state index in [0.717, 1.165) is 29.4 Å². The van der Waals surface area contributed by atoms with Gasteiger partial charge in [-0.05, 0) is 64.5 Å². The summed E-state index contributed by atoms with van der Waals surface area (Å²) in [6.45, 7) is 20.2. The number of nitrogens with zero attached hydrogens (tertiary/aromatic N) is 3. The third-order valence-electron chi connectivity index (χ3n) is 7.89. The van der Waals surface area contributed by atoms with E-state index in [1.54, 1.807) is 21.8 Å². The zero-order chi connectivity index (χ0) is 28.4. The second-order valence-corrected chi connectivity index (χ2v) is 14.2. The Labute approximate surface area is 235 Å². The Morgan fingerprint density at radius 3 is 1.79 bits per heavy atom. The van der Waals surface area contributed by atoms with E-state index in [2.05, 4.69) is 115 Å². The molecule has 0 N–H and O–H groups in total.